The van der Waals surface area contributed by atoms with Crippen LogP contribution in [0.2, 0.25) is 5.02 Å². The van der Waals surface area contributed by atoms with Crippen LogP contribution in [0, 0.1) is 11.8 Å². The fraction of sp³-hybridized carbons (Fsp3) is 0.250. The molecular weight excluding hydrogens is 432 g/mol. The minimum absolute atomic E-state index is 0.0823. The van der Waals surface area contributed by atoms with Gasteiger partial charge in [-0.3, -0.25) is 4.79 Å². The number of hydrogen-bond donors (Lipinski definition) is 5. The number of aromatic carboxylic acids is 1. The van der Waals surface area contributed by atoms with Crippen LogP contribution in [-0.2, 0) is 10.2 Å². The van der Waals surface area contributed by atoms with E-state index < -0.39 is 22.9 Å². The van der Waals surface area contributed by atoms with Crippen LogP contribution in [0.15, 0.2) is 42.5 Å². The smallest absolute Gasteiger partial charge is 0.352 e. The quantitative estimate of drug-likeness (QED) is 0.388. The Morgan fingerprint density at radius 3 is 2.62 bits per heavy atom. The molecule has 8 heteroatoms. The number of carboxylic acid groups (broad SMARTS) is 1. The molecule has 2 aromatic carbocycles. The van der Waals surface area contributed by atoms with E-state index in [-0.39, 0.29) is 29.8 Å². The number of carbonyl (C=O) groups is 2. The Labute approximate surface area is 188 Å². The summed E-state index contributed by atoms with van der Waals surface area (Å²) < 4.78 is 0. The first kappa shape index (κ1) is 21.8. The standard InChI is InChI=1S/C24H21ClN2O5/c25-15-4-1-3-14(11-15)7-10-23(32)8-2-9-24(13-23,22(26)31)19-17-12-16(28)5-6-18(17)27-20(19)21(29)30/h1,3-6,11-12,27-28,32H,2,8-9,13H2,(H2,26,31)(H,29,30)/t23-,24+/m1/s1. The number of benzene rings is 2. The number of aromatic nitrogens is 1. The minimum atomic E-state index is -1.58. The van der Waals surface area contributed by atoms with Crippen LogP contribution >= 0.6 is 11.6 Å². The summed E-state index contributed by atoms with van der Waals surface area (Å²) in [6, 6.07) is 11.2. The number of amides is 1. The summed E-state index contributed by atoms with van der Waals surface area (Å²) >= 11 is 6.00. The van der Waals surface area contributed by atoms with Crippen LogP contribution in [0.25, 0.3) is 10.9 Å². The average molecular weight is 453 g/mol. The van der Waals surface area contributed by atoms with Crippen LogP contribution in [0.3, 0.4) is 0 Å². The number of fused-ring (bicyclic) bond motifs is 1. The van der Waals surface area contributed by atoms with Gasteiger partial charge >= 0.3 is 5.97 Å². The van der Waals surface area contributed by atoms with Gasteiger partial charge in [0.2, 0.25) is 5.91 Å². The molecule has 3 aromatic rings. The van der Waals surface area contributed by atoms with E-state index in [0.717, 1.165) is 0 Å². The fourth-order valence-electron chi connectivity index (χ4n) is 4.60. The van der Waals surface area contributed by atoms with E-state index in [9.17, 15) is 24.9 Å². The predicted molar refractivity (Wildman–Crippen MR) is 120 cm³/mol. The summed E-state index contributed by atoms with van der Waals surface area (Å²) in [5, 5.41) is 32.0. The minimum Gasteiger partial charge on any atom is -0.508 e. The first-order chi connectivity index (χ1) is 15.1. The highest BCUT2D eigenvalue weighted by Crippen LogP contribution is 2.47. The Bertz CT molecular complexity index is 1300. The lowest BCUT2D eigenvalue weighted by atomic mass is 9.63. The van der Waals surface area contributed by atoms with Crippen molar-refractivity contribution in [3.8, 4) is 17.6 Å². The van der Waals surface area contributed by atoms with Crippen LogP contribution in [0.5, 0.6) is 5.75 Å². The molecular formula is C24H21ClN2O5. The lowest BCUT2D eigenvalue weighted by Crippen LogP contribution is -2.51. The molecule has 0 spiro atoms. The third-order valence-corrected chi connectivity index (χ3v) is 6.23. The number of aromatic hydroxyl groups is 1. The van der Waals surface area contributed by atoms with Crippen LogP contribution in [0.4, 0.5) is 0 Å². The molecule has 0 saturated heterocycles. The Morgan fingerprint density at radius 2 is 1.94 bits per heavy atom. The number of phenols is 1. The topological polar surface area (TPSA) is 137 Å². The Balaban J connectivity index is 1.87. The van der Waals surface area contributed by atoms with E-state index in [4.69, 9.17) is 17.3 Å². The maximum atomic E-state index is 12.9. The van der Waals surface area contributed by atoms with Crippen molar-refractivity contribution in [1.82, 2.24) is 4.98 Å². The van der Waals surface area contributed by atoms with Crippen molar-refractivity contribution >= 4 is 34.4 Å². The molecule has 0 radical (unpaired) electrons. The largest absolute Gasteiger partial charge is 0.508 e. The van der Waals surface area contributed by atoms with E-state index in [1.807, 2.05) is 0 Å². The molecule has 1 fully saturated rings. The fourth-order valence-corrected chi connectivity index (χ4v) is 4.79. The van der Waals surface area contributed by atoms with E-state index >= 15 is 0 Å². The van der Waals surface area contributed by atoms with Gasteiger partial charge in [-0.25, -0.2) is 4.79 Å². The highest BCUT2D eigenvalue weighted by Gasteiger charge is 2.51. The van der Waals surface area contributed by atoms with Crippen molar-refractivity contribution in [2.75, 3.05) is 0 Å². The zero-order chi connectivity index (χ0) is 23.1. The first-order valence-corrected chi connectivity index (χ1v) is 10.4. The number of aromatic amines is 1. The number of carboxylic acids is 1. The Kier molecular flexibility index (Phi) is 5.37. The molecule has 1 amide bonds. The molecule has 1 saturated carbocycles. The van der Waals surface area contributed by atoms with Gasteiger partial charge in [0.25, 0.3) is 0 Å². The average Bonchev–Trinajstić information content (AvgIpc) is 3.12. The lowest BCUT2D eigenvalue weighted by Gasteiger charge is -2.41. The van der Waals surface area contributed by atoms with Gasteiger partial charge in [0.15, 0.2) is 0 Å². The van der Waals surface area contributed by atoms with E-state index in [1.54, 1.807) is 24.3 Å². The summed E-state index contributed by atoms with van der Waals surface area (Å²) in [4.78, 5) is 27.7. The molecule has 7 nitrogen and oxygen atoms in total. The Morgan fingerprint density at radius 1 is 1.16 bits per heavy atom. The first-order valence-electron chi connectivity index (χ1n) is 10.0. The maximum Gasteiger partial charge on any atom is 0.352 e. The molecule has 6 N–H and O–H groups in total. The molecule has 1 aliphatic rings. The van der Waals surface area contributed by atoms with Gasteiger partial charge in [-0.15, -0.1) is 0 Å². The molecule has 0 aliphatic heterocycles. The molecule has 1 heterocycles. The van der Waals surface area contributed by atoms with E-state index in [0.29, 0.717) is 34.3 Å². The summed E-state index contributed by atoms with van der Waals surface area (Å²) in [7, 11) is 0. The second-order valence-corrected chi connectivity index (χ2v) is 8.62. The number of primary amides is 1. The van der Waals surface area contributed by atoms with Gasteiger partial charge in [0.05, 0.1) is 5.41 Å². The third kappa shape index (κ3) is 3.79. The number of nitrogens with one attached hydrogen (secondary N) is 1. The number of halogens is 1. The predicted octanol–water partition coefficient (Wildman–Crippen LogP) is 3.31. The van der Waals surface area contributed by atoms with E-state index in [2.05, 4.69) is 16.8 Å². The molecule has 1 aromatic heterocycles. The van der Waals surface area contributed by atoms with Crippen molar-refractivity contribution < 1.29 is 24.9 Å². The highest BCUT2D eigenvalue weighted by atomic mass is 35.5. The van der Waals surface area contributed by atoms with Crippen molar-refractivity contribution in [2.45, 2.75) is 36.7 Å². The second-order valence-electron chi connectivity index (χ2n) is 8.18. The SMILES string of the molecule is NC(=O)[C@@]1(c2c(C(=O)O)[nH]c3ccc(O)cc23)CCC[C@@](O)(C#Cc2cccc(Cl)c2)C1. The van der Waals surface area contributed by atoms with Gasteiger partial charge in [-0.1, -0.05) is 29.5 Å². The third-order valence-electron chi connectivity index (χ3n) is 6.00. The monoisotopic (exact) mass is 452 g/mol. The second kappa shape index (κ2) is 7.90. The number of phenolic OH excluding ortho intramolecular Hbond substituents is 1. The van der Waals surface area contributed by atoms with Gasteiger partial charge in [-0.05, 0) is 55.7 Å². The van der Waals surface area contributed by atoms with Crippen molar-refractivity contribution in [1.29, 1.82) is 0 Å². The number of hydrogen-bond acceptors (Lipinski definition) is 4. The summed E-state index contributed by atoms with van der Waals surface area (Å²) in [6.07, 6.45) is 0.762. The molecule has 1 aliphatic carbocycles. The number of nitrogens with two attached hydrogens (primary N) is 1. The van der Waals surface area contributed by atoms with Gasteiger partial charge < -0.3 is 26.0 Å². The van der Waals surface area contributed by atoms with Crippen LogP contribution < -0.4 is 5.73 Å². The van der Waals surface area contributed by atoms with Crippen molar-refractivity contribution in [3.05, 3.63) is 64.3 Å². The molecule has 4 rings (SSSR count). The van der Waals surface area contributed by atoms with Gasteiger partial charge in [0.1, 0.15) is 17.0 Å². The summed E-state index contributed by atoms with van der Waals surface area (Å²) in [5.74, 6) is 3.65. The van der Waals surface area contributed by atoms with Gasteiger partial charge in [-0.2, -0.15) is 0 Å². The number of H-pyrrole nitrogens is 1. The highest BCUT2D eigenvalue weighted by molar-refractivity contribution is 6.30. The summed E-state index contributed by atoms with van der Waals surface area (Å²) in [6.45, 7) is 0. The number of rotatable bonds is 3. The Hall–Kier alpha value is -3.47. The summed E-state index contributed by atoms with van der Waals surface area (Å²) in [5.41, 5.74) is 3.79. The zero-order valence-electron chi connectivity index (χ0n) is 17.0. The number of aliphatic hydroxyl groups is 1. The molecule has 0 unspecified atom stereocenters. The zero-order valence-corrected chi connectivity index (χ0v) is 17.7. The van der Waals surface area contributed by atoms with Crippen LogP contribution in [0.1, 0.15) is 47.3 Å². The molecule has 32 heavy (non-hydrogen) atoms. The van der Waals surface area contributed by atoms with Crippen molar-refractivity contribution in [2.24, 2.45) is 5.73 Å². The van der Waals surface area contributed by atoms with Crippen molar-refractivity contribution in [3.63, 3.8) is 0 Å². The molecule has 2 atom stereocenters. The molecule has 164 valence electrons. The maximum absolute atomic E-state index is 12.9. The normalized spacial score (nSPS) is 22.8. The number of carbonyl (C=O) groups excluding carboxylic acids is 1. The van der Waals surface area contributed by atoms with E-state index in [1.165, 1.54) is 18.2 Å². The van der Waals surface area contributed by atoms with Crippen LogP contribution in [-0.4, -0.2) is 37.8 Å². The lowest BCUT2D eigenvalue weighted by molar-refractivity contribution is -0.127. The van der Waals surface area contributed by atoms with Gasteiger partial charge in [0, 0.05) is 33.5 Å². The molecule has 0 bridgehead atoms.